The van der Waals surface area contributed by atoms with Gasteiger partial charge < -0.3 is 10.2 Å². The molecule has 122 valence electrons. The first-order chi connectivity index (χ1) is 11.6. The number of hydrogen-bond acceptors (Lipinski definition) is 4. The molecule has 2 rings (SSSR count). The molecule has 0 atom stereocenters. The fourth-order valence-electron chi connectivity index (χ4n) is 1.73. The third-order valence-electron chi connectivity index (χ3n) is 2.84. The fourth-order valence-corrected chi connectivity index (χ4v) is 3.68. The topological polar surface area (TPSA) is 74.6 Å². The molecule has 0 fully saturated rings. The normalized spacial score (nSPS) is 12.0. The minimum atomic E-state index is -1.10. The van der Waals surface area contributed by atoms with Crippen LogP contribution in [-0.2, 0) is 9.59 Å². The molecule has 2 aromatic carbocycles. The molecule has 2 aromatic rings. The maximum atomic E-state index is 11.4. The summed E-state index contributed by atoms with van der Waals surface area (Å²) in [6.45, 7) is 0. The molecule has 6 heteroatoms. The molecule has 0 bridgehead atoms. The Labute approximate surface area is 147 Å². The summed E-state index contributed by atoms with van der Waals surface area (Å²) in [6.07, 6.45) is 3.03. The van der Waals surface area contributed by atoms with Crippen molar-refractivity contribution in [3.63, 3.8) is 0 Å². The Bertz CT molecular complexity index is 701. The average molecular weight is 358 g/mol. The van der Waals surface area contributed by atoms with Gasteiger partial charge in [0, 0.05) is 0 Å². The van der Waals surface area contributed by atoms with Crippen LogP contribution in [0.25, 0.3) is 12.2 Å². The van der Waals surface area contributed by atoms with Crippen molar-refractivity contribution in [2.75, 3.05) is 0 Å². The SMILES string of the molecule is O=C(O)/C(=C\c1ccccc1)SS/C(=C/c1ccccc1)C(=O)O. The van der Waals surface area contributed by atoms with Gasteiger partial charge in [-0.1, -0.05) is 60.7 Å². The van der Waals surface area contributed by atoms with Gasteiger partial charge in [-0.2, -0.15) is 0 Å². The van der Waals surface area contributed by atoms with Gasteiger partial charge in [0.05, 0.1) is 0 Å². The zero-order valence-corrected chi connectivity index (χ0v) is 14.1. The molecule has 4 nitrogen and oxygen atoms in total. The Morgan fingerprint density at radius 1 is 0.667 bits per heavy atom. The highest BCUT2D eigenvalue weighted by atomic mass is 33.1. The molecule has 0 saturated heterocycles. The summed E-state index contributed by atoms with van der Waals surface area (Å²) in [5.74, 6) is -2.19. The second-order valence-corrected chi connectivity index (χ2v) is 6.83. The van der Waals surface area contributed by atoms with Crippen LogP contribution in [0.4, 0.5) is 0 Å². The van der Waals surface area contributed by atoms with E-state index in [9.17, 15) is 19.8 Å². The van der Waals surface area contributed by atoms with Crippen molar-refractivity contribution in [3.8, 4) is 0 Å². The van der Waals surface area contributed by atoms with Crippen LogP contribution >= 0.6 is 21.6 Å². The van der Waals surface area contributed by atoms with Gasteiger partial charge in [-0.25, -0.2) is 9.59 Å². The van der Waals surface area contributed by atoms with Gasteiger partial charge in [-0.05, 0) is 44.9 Å². The molecule has 0 heterocycles. The summed E-state index contributed by atoms with van der Waals surface area (Å²) in [5.41, 5.74) is 1.49. The molecule has 0 saturated carbocycles. The third-order valence-corrected chi connectivity index (χ3v) is 5.19. The van der Waals surface area contributed by atoms with Gasteiger partial charge in [0.2, 0.25) is 0 Å². The summed E-state index contributed by atoms with van der Waals surface area (Å²) in [7, 11) is 1.82. The van der Waals surface area contributed by atoms with E-state index in [1.54, 1.807) is 48.5 Å². The maximum Gasteiger partial charge on any atom is 0.343 e. The number of carboxylic acids is 2. The number of carbonyl (C=O) groups is 2. The fraction of sp³-hybridized carbons (Fsp3) is 0. The Balaban J connectivity index is 2.17. The van der Waals surface area contributed by atoms with Crippen LogP contribution in [0.2, 0.25) is 0 Å². The Morgan fingerprint density at radius 2 is 1.00 bits per heavy atom. The van der Waals surface area contributed by atoms with Crippen molar-refractivity contribution in [1.82, 2.24) is 0 Å². The molecule has 0 radical (unpaired) electrons. The van der Waals surface area contributed by atoms with Crippen molar-refractivity contribution in [3.05, 3.63) is 81.6 Å². The van der Waals surface area contributed by atoms with E-state index < -0.39 is 11.9 Å². The lowest BCUT2D eigenvalue weighted by molar-refractivity contribution is -0.132. The molecular weight excluding hydrogens is 344 g/mol. The van der Waals surface area contributed by atoms with Gasteiger partial charge in [0.15, 0.2) is 0 Å². The summed E-state index contributed by atoms with van der Waals surface area (Å²) >= 11 is 0. The highest BCUT2D eigenvalue weighted by molar-refractivity contribution is 8.80. The van der Waals surface area contributed by atoms with Crippen LogP contribution in [0.15, 0.2) is 70.5 Å². The molecule has 0 aliphatic rings. The van der Waals surface area contributed by atoms with Crippen molar-refractivity contribution >= 4 is 45.7 Å². The van der Waals surface area contributed by atoms with Crippen LogP contribution in [0, 0.1) is 0 Å². The maximum absolute atomic E-state index is 11.4. The van der Waals surface area contributed by atoms with E-state index in [1.165, 1.54) is 12.2 Å². The zero-order chi connectivity index (χ0) is 17.4. The molecule has 24 heavy (non-hydrogen) atoms. The first kappa shape index (κ1) is 17.9. The van der Waals surface area contributed by atoms with E-state index in [0.29, 0.717) is 0 Å². The van der Waals surface area contributed by atoms with E-state index in [-0.39, 0.29) is 9.81 Å². The molecule has 0 aromatic heterocycles. The molecule has 0 aliphatic heterocycles. The van der Waals surface area contributed by atoms with Gasteiger partial charge in [-0.3, -0.25) is 0 Å². The second-order valence-electron chi connectivity index (χ2n) is 4.62. The number of carboxylic acid groups (broad SMARTS) is 2. The van der Waals surface area contributed by atoms with Crippen molar-refractivity contribution in [2.24, 2.45) is 0 Å². The second kappa shape index (κ2) is 9.00. The third kappa shape index (κ3) is 5.64. The zero-order valence-electron chi connectivity index (χ0n) is 12.5. The van der Waals surface area contributed by atoms with Crippen LogP contribution in [0.3, 0.4) is 0 Å². The minimum absolute atomic E-state index is 0.0615. The largest absolute Gasteiger partial charge is 0.477 e. The molecule has 2 N–H and O–H groups in total. The Hall–Kier alpha value is -2.44. The van der Waals surface area contributed by atoms with Crippen molar-refractivity contribution in [1.29, 1.82) is 0 Å². The molecule has 0 aliphatic carbocycles. The highest BCUT2D eigenvalue weighted by Gasteiger charge is 2.14. The predicted octanol–water partition coefficient (Wildman–Crippen LogP) is 4.62. The quantitative estimate of drug-likeness (QED) is 0.556. The van der Waals surface area contributed by atoms with Gasteiger partial charge in [0.1, 0.15) is 9.81 Å². The summed E-state index contributed by atoms with van der Waals surface area (Å²) in [6, 6.07) is 18.0. The number of hydrogen-bond donors (Lipinski definition) is 2. The van der Waals surface area contributed by atoms with E-state index in [1.807, 2.05) is 12.1 Å². The Kier molecular flexibility index (Phi) is 6.72. The number of aliphatic carboxylic acids is 2. The first-order valence-electron chi connectivity index (χ1n) is 6.91. The minimum Gasteiger partial charge on any atom is -0.477 e. The number of rotatable bonds is 7. The molecular formula is C18H14O4S2. The Morgan fingerprint density at radius 3 is 1.29 bits per heavy atom. The van der Waals surface area contributed by atoms with Crippen LogP contribution in [0.1, 0.15) is 11.1 Å². The standard InChI is InChI=1S/C18H14O4S2/c19-17(20)15(11-13-7-3-1-4-8-13)23-24-16(18(21)22)12-14-9-5-2-6-10-14/h1-12H,(H,19,20)(H,21,22)/b15-11+,16-12+. The van der Waals surface area contributed by atoms with Crippen molar-refractivity contribution < 1.29 is 19.8 Å². The first-order valence-corrected chi connectivity index (χ1v) is 9.06. The van der Waals surface area contributed by atoms with Crippen LogP contribution < -0.4 is 0 Å². The lowest BCUT2D eigenvalue weighted by atomic mass is 10.2. The monoisotopic (exact) mass is 358 g/mol. The van der Waals surface area contributed by atoms with Crippen LogP contribution in [-0.4, -0.2) is 22.2 Å². The molecule has 0 amide bonds. The lowest BCUT2D eigenvalue weighted by Gasteiger charge is -2.04. The van der Waals surface area contributed by atoms with E-state index >= 15 is 0 Å². The molecule has 0 unspecified atom stereocenters. The summed E-state index contributed by atoms with van der Waals surface area (Å²) in [4.78, 5) is 22.9. The van der Waals surface area contributed by atoms with Crippen molar-refractivity contribution in [2.45, 2.75) is 0 Å². The molecule has 0 spiro atoms. The van der Waals surface area contributed by atoms with Gasteiger partial charge in [0.25, 0.3) is 0 Å². The van der Waals surface area contributed by atoms with Crippen LogP contribution in [0.5, 0.6) is 0 Å². The van der Waals surface area contributed by atoms with E-state index in [2.05, 4.69) is 0 Å². The van der Waals surface area contributed by atoms with E-state index in [4.69, 9.17) is 0 Å². The summed E-state index contributed by atoms with van der Waals surface area (Å²) in [5, 5.41) is 18.6. The average Bonchev–Trinajstić information content (AvgIpc) is 2.58. The van der Waals surface area contributed by atoms with E-state index in [0.717, 1.165) is 32.7 Å². The highest BCUT2D eigenvalue weighted by Crippen LogP contribution is 2.38. The number of benzene rings is 2. The predicted molar refractivity (Wildman–Crippen MR) is 99.3 cm³/mol. The van der Waals surface area contributed by atoms with Gasteiger partial charge in [-0.15, -0.1) is 0 Å². The van der Waals surface area contributed by atoms with Gasteiger partial charge >= 0.3 is 11.9 Å². The lowest BCUT2D eigenvalue weighted by Crippen LogP contribution is -1.98. The summed E-state index contributed by atoms with van der Waals surface area (Å²) < 4.78 is 0. The smallest absolute Gasteiger partial charge is 0.343 e.